The average Bonchev–Trinajstić information content (AvgIpc) is 2.30. The molecule has 2 fully saturated rings. The molecule has 0 saturated carbocycles. The predicted molar refractivity (Wildman–Crippen MR) is 61.9 cm³/mol. The van der Waals surface area contributed by atoms with Crippen LogP contribution in [0.1, 0.15) is 38.5 Å². The second-order valence-electron chi connectivity index (χ2n) is 5.19. The summed E-state index contributed by atoms with van der Waals surface area (Å²) < 4.78 is 0. The van der Waals surface area contributed by atoms with E-state index in [0.717, 1.165) is 13.0 Å². The van der Waals surface area contributed by atoms with Crippen molar-refractivity contribution < 1.29 is 5.11 Å². The lowest BCUT2D eigenvalue weighted by Crippen LogP contribution is -2.64. The summed E-state index contributed by atoms with van der Waals surface area (Å²) in [5, 5.41) is 13.3. The van der Waals surface area contributed by atoms with Crippen molar-refractivity contribution in [2.45, 2.75) is 50.1 Å². The van der Waals surface area contributed by atoms with Gasteiger partial charge in [-0.05, 0) is 45.8 Å². The fraction of sp³-hybridized carbons (Fsp3) is 1.00. The summed E-state index contributed by atoms with van der Waals surface area (Å²) in [6.07, 6.45) is 7.53. The van der Waals surface area contributed by atoms with E-state index in [1.165, 1.54) is 38.6 Å². The molecule has 88 valence electrons. The fourth-order valence-corrected chi connectivity index (χ4v) is 3.29. The zero-order valence-corrected chi connectivity index (χ0v) is 9.84. The van der Waals surface area contributed by atoms with Crippen LogP contribution in [0.15, 0.2) is 0 Å². The van der Waals surface area contributed by atoms with Crippen molar-refractivity contribution in [1.29, 1.82) is 0 Å². The molecule has 0 aromatic rings. The van der Waals surface area contributed by atoms with Gasteiger partial charge >= 0.3 is 0 Å². The van der Waals surface area contributed by atoms with Gasteiger partial charge in [-0.2, -0.15) is 0 Å². The van der Waals surface area contributed by atoms with Gasteiger partial charge in [-0.3, -0.25) is 0 Å². The third-order valence-electron chi connectivity index (χ3n) is 4.22. The highest BCUT2D eigenvalue weighted by Crippen LogP contribution is 2.31. The molecule has 15 heavy (non-hydrogen) atoms. The summed E-state index contributed by atoms with van der Waals surface area (Å²) in [4.78, 5) is 2.44. The highest BCUT2D eigenvalue weighted by molar-refractivity contribution is 5.01. The van der Waals surface area contributed by atoms with Crippen LogP contribution in [0.3, 0.4) is 0 Å². The molecule has 0 aliphatic carbocycles. The minimum atomic E-state index is -0.00653. The van der Waals surface area contributed by atoms with Gasteiger partial charge in [0.2, 0.25) is 0 Å². The van der Waals surface area contributed by atoms with Crippen LogP contribution in [-0.4, -0.2) is 48.3 Å². The van der Waals surface area contributed by atoms with E-state index in [0.29, 0.717) is 12.6 Å². The zero-order chi connectivity index (χ0) is 10.7. The number of nitrogens with zero attached hydrogens (tertiary/aromatic N) is 1. The van der Waals surface area contributed by atoms with E-state index in [1.54, 1.807) is 0 Å². The maximum Gasteiger partial charge on any atom is 0.0628 e. The molecule has 0 aromatic heterocycles. The molecule has 2 N–H and O–H groups in total. The van der Waals surface area contributed by atoms with Crippen LogP contribution in [0.25, 0.3) is 0 Å². The van der Waals surface area contributed by atoms with Crippen LogP contribution >= 0.6 is 0 Å². The Balaban J connectivity index is 2.08. The predicted octanol–water partition coefficient (Wildman–Crippen LogP) is 0.975. The van der Waals surface area contributed by atoms with E-state index in [9.17, 15) is 5.11 Å². The Morgan fingerprint density at radius 2 is 2.20 bits per heavy atom. The second kappa shape index (κ2) is 4.81. The van der Waals surface area contributed by atoms with Gasteiger partial charge in [-0.15, -0.1) is 0 Å². The number of hydrogen-bond donors (Lipinski definition) is 2. The number of piperidine rings is 2. The molecule has 0 spiro atoms. The summed E-state index contributed by atoms with van der Waals surface area (Å²) in [5.41, 5.74) is -0.00653. The first-order valence-electron chi connectivity index (χ1n) is 6.35. The molecule has 2 unspecified atom stereocenters. The molecule has 3 heteroatoms. The molecule has 2 aliphatic heterocycles. The van der Waals surface area contributed by atoms with Crippen LogP contribution in [0.2, 0.25) is 0 Å². The van der Waals surface area contributed by atoms with Gasteiger partial charge in [0.1, 0.15) is 0 Å². The Labute approximate surface area is 92.8 Å². The summed E-state index contributed by atoms with van der Waals surface area (Å²) in [7, 11) is 2.21. The van der Waals surface area contributed by atoms with Crippen molar-refractivity contribution in [3.05, 3.63) is 0 Å². The van der Waals surface area contributed by atoms with E-state index in [-0.39, 0.29) is 5.54 Å². The van der Waals surface area contributed by atoms with Gasteiger partial charge in [-0.1, -0.05) is 12.8 Å². The topological polar surface area (TPSA) is 35.5 Å². The molecule has 2 saturated heterocycles. The lowest BCUT2D eigenvalue weighted by molar-refractivity contribution is 0.0228. The largest absolute Gasteiger partial charge is 0.394 e. The molecule has 2 aliphatic rings. The first kappa shape index (κ1) is 11.4. The Morgan fingerprint density at radius 3 is 2.80 bits per heavy atom. The Morgan fingerprint density at radius 1 is 1.33 bits per heavy atom. The van der Waals surface area contributed by atoms with E-state index >= 15 is 0 Å². The van der Waals surface area contributed by atoms with E-state index in [4.69, 9.17) is 0 Å². The van der Waals surface area contributed by atoms with E-state index < -0.39 is 0 Å². The average molecular weight is 212 g/mol. The minimum absolute atomic E-state index is 0.00653. The van der Waals surface area contributed by atoms with Crippen molar-refractivity contribution in [2.75, 3.05) is 26.7 Å². The molecule has 2 atom stereocenters. The summed E-state index contributed by atoms with van der Waals surface area (Å²) in [6.45, 7) is 2.56. The number of aliphatic hydroxyl groups excluding tert-OH is 1. The Kier molecular flexibility index (Phi) is 3.65. The first-order chi connectivity index (χ1) is 7.28. The molecular formula is C12H24N2O. The van der Waals surface area contributed by atoms with Crippen LogP contribution < -0.4 is 5.32 Å². The van der Waals surface area contributed by atoms with Gasteiger partial charge in [0.05, 0.1) is 12.1 Å². The van der Waals surface area contributed by atoms with Gasteiger partial charge < -0.3 is 15.3 Å². The van der Waals surface area contributed by atoms with Crippen LogP contribution in [0, 0.1) is 0 Å². The fourth-order valence-electron chi connectivity index (χ4n) is 3.29. The summed E-state index contributed by atoms with van der Waals surface area (Å²) in [6, 6.07) is 0.538. The van der Waals surface area contributed by atoms with Crippen molar-refractivity contribution >= 4 is 0 Å². The highest BCUT2D eigenvalue weighted by Gasteiger charge is 2.41. The molecule has 0 bridgehead atoms. The minimum Gasteiger partial charge on any atom is -0.394 e. The van der Waals surface area contributed by atoms with E-state index in [1.807, 2.05) is 0 Å². The Bertz CT molecular complexity index is 202. The van der Waals surface area contributed by atoms with Gasteiger partial charge in [0.15, 0.2) is 0 Å². The van der Waals surface area contributed by atoms with Crippen molar-refractivity contribution in [2.24, 2.45) is 0 Å². The number of hydrogen-bond acceptors (Lipinski definition) is 3. The molecule has 0 aromatic carbocycles. The molecule has 3 nitrogen and oxygen atoms in total. The first-order valence-corrected chi connectivity index (χ1v) is 6.35. The molecule has 2 heterocycles. The zero-order valence-electron chi connectivity index (χ0n) is 9.84. The van der Waals surface area contributed by atoms with Gasteiger partial charge in [-0.25, -0.2) is 0 Å². The highest BCUT2D eigenvalue weighted by atomic mass is 16.3. The monoisotopic (exact) mass is 212 g/mol. The summed E-state index contributed by atoms with van der Waals surface area (Å²) in [5.74, 6) is 0. The normalized spacial score (nSPS) is 39.2. The lowest BCUT2D eigenvalue weighted by atomic mass is 9.78. The SMILES string of the molecule is CN1CCCCC1C1(CO)CCCCN1. The maximum atomic E-state index is 9.72. The molecular weight excluding hydrogens is 188 g/mol. The number of likely N-dealkylation sites (tertiary alicyclic amines) is 1. The third-order valence-corrected chi connectivity index (χ3v) is 4.22. The number of likely N-dealkylation sites (N-methyl/N-ethyl adjacent to an activating group) is 1. The van der Waals surface area contributed by atoms with Crippen LogP contribution in [0.4, 0.5) is 0 Å². The quantitative estimate of drug-likeness (QED) is 0.716. The van der Waals surface area contributed by atoms with Gasteiger partial charge in [0, 0.05) is 6.04 Å². The van der Waals surface area contributed by atoms with Crippen LogP contribution in [0.5, 0.6) is 0 Å². The van der Waals surface area contributed by atoms with Crippen molar-refractivity contribution in [1.82, 2.24) is 10.2 Å². The Hall–Kier alpha value is -0.120. The van der Waals surface area contributed by atoms with Crippen molar-refractivity contribution in [3.8, 4) is 0 Å². The standard InChI is InChI=1S/C12H24N2O/c1-14-9-5-2-6-11(14)12(10-15)7-3-4-8-13-12/h11,13,15H,2-10H2,1H3. The van der Waals surface area contributed by atoms with Gasteiger partial charge in [0.25, 0.3) is 0 Å². The maximum absolute atomic E-state index is 9.72. The third kappa shape index (κ3) is 2.19. The number of nitrogens with one attached hydrogen (secondary N) is 1. The van der Waals surface area contributed by atoms with E-state index in [2.05, 4.69) is 17.3 Å². The smallest absolute Gasteiger partial charge is 0.0628 e. The molecule has 2 rings (SSSR count). The lowest BCUT2D eigenvalue weighted by Gasteiger charge is -2.49. The van der Waals surface area contributed by atoms with Crippen molar-refractivity contribution in [3.63, 3.8) is 0 Å². The molecule has 0 amide bonds. The second-order valence-corrected chi connectivity index (χ2v) is 5.19. The number of aliphatic hydroxyl groups is 1. The summed E-state index contributed by atoms with van der Waals surface area (Å²) >= 11 is 0. The molecule has 0 radical (unpaired) electrons. The number of rotatable bonds is 2. The van der Waals surface area contributed by atoms with Crippen LogP contribution in [-0.2, 0) is 0 Å².